The number of piperidine rings is 1. The van der Waals surface area contributed by atoms with Gasteiger partial charge in [-0.05, 0) is 53.0 Å². The summed E-state index contributed by atoms with van der Waals surface area (Å²) in [6, 6.07) is -0.159. The molecule has 0 spiro atoms. The van der Waals surface area contributed by atoms with Gasteiger partial charge in [-0.2, -0.15) is 0 Å². The molecule has 20 heavy (non-hydrogen) atoms. The molecule has 2 aliphatic heterocycles. The first-order chi connectivity index (χ1) is 9.21. The summed E-state index contributed by atoms with van der Waals surface area (Å²) in [6.45, 7) is 8.03. The maximum absolute atomic E-state index is 12.3. The number of rotatable bonds is 1. The molecule has 5 heteroatoms. The van der Waals surface area contributed by atoms with Crippen molar-refractivity contribution in [1.82, 2.24) is 4.90 Å². The molecule has 112 valence electrons. The van der Waals surface area contributed by atoms with Crippen LogP contribution in [0.2, 0.25) is 0 Å². The van der Waals surface area contributed by atoms with Gasteiger partial charge in [-0.3, -0.25) is 0 Å². The average molecular weight is 281 g/mol. The van der Waals surface area contributed by atoms with Gasteiger partial charge in [-0.25, -0.2) is 9.59 Å². The summed E-state index contributed by atoms with van der Waals surface area (Å²) < 4.78 is 10.9. The number of nitrogens with zero attached hydrogens (tertiary/aromatic N) is 1. The molecule has 0 saturated carbocycles. The second kappa shape index (κ2) is 5.11. The molecule has 2 aliphatic rings. The molecule has 1 saturated heterocycles. The third-order valence-electron chi connectivity index (χ3n) is 3.66. The van der Waals surface area contributed by atoms with E-state index in [0.717, 1.165) is 19.3 Å². The lowest BCUT2D eigenvalue weighted by Gasteiger charge is -2.43. The van der Waals surface area contributed by atoms with Gasteiger partial charge in [0.05, 0.1) is 6.04 Å². The molecule has 0 bridgehead atoms. The van der Waals surface area contributed by atoms with E-state index in [9.17, 15) is 9.59 Å². The van der Waals surface area contributed by atoms with Crippen LogP contribution in [0.25, 0.3) is 0 Å². The van der Waals surface area contributed by atoms with Crippen LogP contribution in [0.15, 0.2) is 12.2 Å². The van der Waals surface area contributed by atoms with Crippen LogP contribution >= 0.6 is 0 Å². The standard InChI is InChI=1S/C15H23NO4/c1-14(2,3)20-13(18)16-10-6-5-7-11(16)15(4)9-8-12(17)19-15/h8-9,11H,5-7,10H2,1-4H3/t11-,15-/m1/s1. The first-order valence-electron chi connectivity index (χ1n) is 7.13. The SMILES string of the molecule is CC(C)(C)OC(=O)N1CCCC[C@@H]1[C@@]1(C)C=CC(=O)O1. The highest BCUT2D eigenvalue weighted by atomic mass is 16.6. The van der Waals surface area contributed by atoms with Gasteiger partial charge in [0.15, 0.2) is 0 Å². The highest BCUT2D eigenvalue weighted by molar-refractivity contribution is 5.85. The van der Waals surface area contributed by atoms with E-state index in [-0.39, 0.29) is 18.1 Å². The van der Waals surface area contributed by atoms with E-state index in [2.05, 4.69) is 0 Å². The summed E-state index contributed by atoms with van der Waals surface area (Å²) in [5.74, 6) is -0.345. The van der Waals surface area contributed by atoms with Crippen LogP contribution in [0, 0.1) is 0 Å². The summed E-state index contributed by atoms with van der Waals surface area (Å²) in [7, 11) is 0. The second-order valence-electron chi connectivity index (χ2n) is 6.62. The first kappa shape index (κ1) is 14.9. The molecule has 0 aromatic rings. The number of carbonyl (C=O) groups excluding carboxylic acids is 2. The molecule has 0 N–H and O–H groups in total. The number of ether oxygens (including phenoxy) is 2. The zero-order chi connectivity index (χ0) is 15.0. The van der Waals surface area contributed by atoms with Crippen molar-refractivity contribution in [3.8, 4) is 0 Å². The minimum Gasteiger partial charge on any atom is -0.450 e. The van der Waals surface area contributed by atoms with Crippen LogP contribution in [-0.2, 0) is 14.3 Å². The topological polar surface area (TPSA) is 55.8 Å². The van der Waals surface area contributed by atoms with Crippen molar-refractivity contribution >= 4 is 12.1 Å². The van der Waals surface area contributed by atoms with Gasteiger partial charge in [0.25, 0.3) is 0 Å². The van der Waals surface area contributed by atoms with Crippen LogP contribution in [0.4, 0.5) is 4.79 Å². The Labute approximate surface area is 119 Å². The normalized spacial score (nSPS) is 30.3. The van der Waals surface area contributed by atoms with Crippen LogP contribution in [0.5, 0.6) is 0 Å². The van der Waals surface area contributed by atoms with E-state index in [1.54, 1.807) is 11.0 Å². The summed E-state index contributed by atoms with van der Waals surface area (Å²) in [6.07, 6.45) is 5.63. The molecule has 0 aromatic heterocycles. The lowest BCUT2D eigenvalue weighted by molar-refractivity contribution is -0.150. The molecule has 0 aliphatic carbocycles. The molecule has 5 nitrogen and oxygen atoms in total. The summed E-state index contributed by atoms with van der Waals surface area (Å²) >= 11 is 0. The predicted octanol–water partition coefficient (Wildman–Crippen LogP) is 2.65. The third kappa shape index (κ3) is 3.14. The fraction of sp³-hybridized carbons (Fsp3) is 0.733. The van der Waals surface area contributed by atoms with Crippen molar-refractivity contribution in [3.05, 3.63) is 12.2 Å². The van der Waals surface area contributed by atoms with Gasteiger partial charge >= 0.3 is 12.1 Å². The largest absolute Gasteiger partial charge is 0.450 e. The number of cyclic esters (lactones) is 1. The smallest absolute Gasteiger partial charge is 0.410 e. The molecule has 0 unspecified atom stereocenters. The Morgan fingerprint density at radius 1 is 1.45 bits per heavy atom. The van der Waals surface area contributed by atoms with Gasteiger partial charge in [0.2, 0.25) is 0 Å². The molecular formula is C15H23NO4. The van der Waals surface area contributed by atoms with Crippen molar-refractivity contribution < 1.29 is 19.1 Å². The van der Waals surface area contributed by atoms with Gasteiger partial charge in [-0.1, -0.05) is 0 Å². The zero-order valence-electron chi connectivity index (χ0n) is 12.6. The lowest BCUT2D eigenvalue weighted by atomic mass is 9.88. The summed E-state index contributed by atoms with van der Waals surface area (Å²) in [5.41, 5.74) is -1.27. The highest BCUT2D eigenvalue weighted by Crippen LogP contribution is 2.33. The maximum Gasteiger partial charge on any atom is 0.410 e. The summed E-state index contributed by atoms with van der Waals surface area (Å²) in [4.78, 5) is 25.4. The fourth-order valence-electron chi connectivity index (χ4n) is 2.76. The first-order valence-corrected chi connectivity index (χ1v) is 7.13. The maximum atomic E-state index is 12.3. The van der Waals surface area contributed by atoms with Crippen molar-refractivity contribution in [2.75, 3.05) is 6.54 Å². The van der Waals surface area contributed by atoms with Crippen LogP contribution < -0.4 is 0 Å². The third-order valence-corrected chi connectivity index (χ3v) is 3.66. The van der Waals surface area contributed by atoms with Crippen LogP contribution in [-0.4, -0.2) is 40.8 Å². The Hall–Kier alpha value is -1.52. The number of hydrogen-bond donors (Lipinski definition) is 0. The molecule has 0 aromatic carbocycles. The quantitative estimate of drug-likeness (QED) is 0.693. The van der Waals surface area contributed by atoms with E-state index in [1.807, 2.05) is 27.7 Å². The van der Waals surface area contributed by atoms with E-state index in [1.165, 1.54) is 6.08 Å². The van der Waals surface area contributed by atoms with E-state index in [0.29, 0.717) is 6.54 Å². The molecule has 2 heterocycles. The van der Waals surface area contributed by atoms with Crippen molar-refractivity contribution in [2.45, 2.75) is 64.2 Å². The van der Waals surface area contributed by atoms with Gasteiger partial charge in [-0.15, -0.1) is 0 Å². The minimum atomic E-state index is -0.742. The zero-order valence-corrected chi connectivity index (χ0v) is 12.6. The number of hydrogen-bond acceptors (Lipinski definition) is 4. The van der Waals surface area contributed by atoms with Crippen LogP contribution in [0.3, 0.4) is 0 Å². The minimum absolute atomic E-state index is 0.159. The number of carbonyl (C=O) groups is 2. The Morgan fingerprint density at radius 2 is 2.15 bits per heavy atom. The number of esters is 1. The van der Waals surface area contributed by atoms with Gasteiger partial charge in [0, 0.05) is 12.6 Å². The summed E-state index contributed by atoms with van der Waals surface area (Å²) in [5, 5.41) is 0. The van der Waals surface area contributed by atoms with Crippen molar-refractivity contribution in [1.29, 1.82) is 0 Å². The van der Waals surface area contributed by atoms with Gasteiger partial charge < -0.3 is 14.4 Å². The number of amides is 1. The van der Waals surface area contributed by atoms with Crippen LogP contribution in [0.1, 0.15) is 47.0 Å². The Bertz CT molecular complexity index is 438. The van der Waals surface area contributed by atoms with Crippen molar-refractivity contribution in [3.63, 3.8) is 0 Å². The van der Waals surface area contributed by atoms with Gasteiger partial charge in [0.1, 0.15) is 11.2 Å². The molecule has 0 radical (unpaired) electrons. The van der Waals surface area contributed by atoms with E-state index >= 15 is 0 Å². The Morgan fingerprint density at radius 3 is 2.70 bits per heavy atom. The highest BCUT2D eigenvalue weighted by Gasteiger charge is 2.45. The fourth-order valence-corrected chi connectivity index (χ4v) is 2.76. The second-order valence-corrected chi connectivity index (χ2v) is 6.62. The predicted molar refractivity (Wildman–Crippen MR) is 74.2 cm³/mol. The molecule has 2 atom stereocenters. The molecular weight excluding hydrogens is 258 g/mol. The molecule has 2 rings (SSSR count). The Kier molecular flexibility index (Phi) is 3.80. The lowest BCUT2D eigenvalue weighted by Crippen LogP contribution is -2.56. The Balaban J connectivity index is 2.15. The monoisotopic (exact) mass is 281 g/mol. The van der Waals surface area contributed by atoms with E-state index in [4.69, 9.17) is 9.47 Å². The van der Waals surface area contributed by atoms with Crippen molar-refractivity contribution in [2.24, 2.45) is 0 Å². The molecule has 1 fully saturated rings. The number of likely N-dealkylation sites (tertiary alicyclic amines) is 1. The average Bonchev–Trinajstić information content (AvgIpc) is 2.68. The molecule has 1 amide bonds. The van der Waals surface area contributed by atoms with E-state index < -0.39 is 11.2 Å².